The second-order valence-electron chi connectivity index (χ2n) is 5.04. The van der Waals surface area contributed by atoms with E-state index in [0.29, 0.717) is 0 Å². The summed E-state index contributed by atoms with van der Waals surface area (Å²) < 4.78 is 6.00. The fraction of sp³-hybridized carbons (Fsp3) is 0.200. The summed E-state index contributed by atoms with van der Waals surface area (Å²) in [7, 11) is 0. The van der Waals surface area contributed by atoms with Crippen LogP contribution in [0.15, 0.2) is 46.9 Å². The molecule has 0 unspecified atom stereocenters. The van der Waals surface area contributed by atoms with Crippen LogP contribution in [0, 0.1) is 0 Å². The number of furan rings is 1. The van der Waals surface area contributed by atoms with Gasteiger partial charge in [-0.1, -0.05) is 36.4 Å². The summed E-state index contributed by atoms with van der Waals surface area (Å²) in [6.45, 7) is 1.62. The molecule has 1 aromatic heterocycles. The highest BCUT2D eigenvalue weighted by atomic mass is 16.3. The van der Waals surface area contributed by atoms with Crippen molar-refractivity contribution in [2.45, 2.75) is 5.54 Å². The fourth-order valence-corrected chi connectivity index (χ4v) is 2.72. The molecular formula is C15H14N2O. The van der Waals surface area contributed by atoms with Crippen molar-refractivity contribution in [3.8, 4) is 0 Å². The summed E-state index contributed by atoms with van der Waals surface area (Å²) in [5.41, 5.74) is 9.07. The van der Waals surface area contributed by atoms with Gasteiger partial charge in [-0.25, -0.2) is 0 Å². The van der Waals surface area contributed by atoms with Crippen molar-refractivity contribution < 1.29 is 4.42 Å². The Kier molecular flexibility index (Phi) is 1.88. The molecule has 3 N–H and O–H groups in total. The summed E-state index contributed by atoms with van der Waals surface area (Å²) >= 11 is 0. The molecule has 0 amide bonds. The van der Waals surface area contributed by atoms with Gasteiger partial charge in [0.15, 0.2) is 0 Å². The Balaban J connectivity index is 2.10. The summed E-state index contributed by atoms with van der Waals surface area (Å²) in [6, 6.07) is 14.4. The number of rotatable bonds is 1. The Labute approximate surface area is 105 Å². The third-order valence-corrected chi connectivity index (χ3v) is 3.82. The van der Waals surface area contributed by atoms with E-state index in [2.05, 4.69) is 29.6 Å². The highest BCUT2D eigenvalue weighted by molar-refractivity contribution is 6.06. The molecule has 1 saturated heterocycles. The fourth-order valence-electron chi connectivity index (χ4n) is 2.72. The molecule has 2 aromatic carbocycles. The van der Waals surface area contributed by atoms with E-state index in [1.807, 2.05) is 18.2 Å². The summed E-state index contributed by atoms with van der Waals surface area (Å²) in [4.78, 5) is 0. The molecule has 3 aromatic rings. The van der Waals surface area contributed by atoms with E-state index >= 15 is 0 Å². The molecule has 0 spiro atoms. The Morgan fingerprint density at radius 1 is 1.00 bits per heavy atom. The molecule has 1 aliphatic heterocycles. The predicted molar refractivity (Wildman–Crippen MR) is 72.5 cm³/mol. The van der Waals surface area contributed by atoms with Gasteiger partial charge >= 0.3 is 0 Å². The van der Waals surface area contributed by atoms with Crippen molar-refractivity contribution in [3.63, 3.8) is 0 Å². The number of hydrogen-bond donors (Lipinski definition) is 2. The maximum Gasteiger partial charge on any atom is 0.140 e. The van der Waals surface area contributed by atoms with Crippen molar-refractivity contribution in [2.24, 2.45) is 5.73 Å². The lowest BCUT2D eigenvalue weighted by molar-refractivity contribution is 0.287. The largest absolute Gasteiger partial charge is 0.456 e. The van der Waals surface area contributed by atoms with Crippen LogP contribution in [0.25, 0.3) is 21.9 Å². The quantitative estimate of drug-likeness (QED) is 0.684. The second-order valence-corrected chi connectivity index (χ2v) is 5.04. The summed E-state index contributed by atoms with van der Waals surface area (Å²) in [5.74, 6) is 0. The van der Waals surface area contributed by atoms with Gasteiger partial charge in [-0.15, -0.1) is 0 Å². The van der Waals surface area contributed by atoms with E-state index in [1.54, 1.807) is 0 Å². The minimum atomic E-state index is -0.284. The van der Waals surface area contributed by atoms with E-state index in [9.17, 15) is 0 Å². The molecule has 90 valence electrons. The number of para-hydroxylation sites is 2. The topological polar surface area (TPSA) is 51.2 Å². The van der Waals surface area contributed by atoms with E-state index in [0.717, 1.165) is 40.6 Å². The zero-order valence-electron chi connectivity index (χ0n) is 9.94. The smallest absolute Gasteiger partial charge is 0.140 e. The van der Waals surface area contributed by atoms with Gasteiger partial charge in [0, 0.05) is 29.4 Å². The Hall–Kier alpha value is -1.84. The minimum Gasteiger partial charge on any atom is -0.456 e. The van der Waals surface area contributed by atoms with Gasteiger partial charge in [0.2, 0.25) is 0 Å². The van der Waals surface area contributed by atoms with Crippen molar-refractivity contribution in [3.05, 3.63) is 48.0 Å². The lowest BCUT2D eigenvalue weighted by Crippen LogP contribution is -2.62. The van der Waals surface area contributed by atoms with Crippen LogP contribution in [0.3, 0.4) is 0 Å². The SMILES string of the molecule is NC1(c2cccc3c2oc2ccccc23)CNC1. The van der Waals surface area contributed by atoms with Crippen LogP contribution in [0.4, 0.5) is 0 Å². The van der Waals surface area contributed by atoms with Crippen LogP contribution in [0.5, 0.6) is 0 Å². The summed E-state index contributed by atoms with van der Waals surface area (Å²) in [6.07, 6.45) is 0. The van der Waals surface area contributed by atoms with Crippen LogP contribution in [-0.2, 0) is 5.54 Å². The van der Waals surface area contributed by atoms with Gasteiger partial charge in [-0.3, -0.25) is 0 Å². The maximum atomic E-state index is 6.39. The zero-order chi connectivity index (χ0) is 12.2. The van der Waals surface area contributed by atoms with Crippen molar-refractivity contribution in [1.82, 2.24) is 5.32 Å². The van der Waals surface area contributed by atoms with E-state index < -0.39 is 0 Å². The Bertz CT molecular complexity index is 740. The first-order chi connectivity index (χ1) is 8.78. The molecular weight excluding hydrogens is 224 g/mol. The molecule has 3 nitrogen and oxygen atoms in total. The predicted octanol–water partition coefficient (Wildman–Crippen LogP) is 2.34. The van der Waals surface area contributed by atoms with E-state index in [4.69, 9.17) is 10.2 Å². The molecule has 0 radical (unpaired) electrons. The van der Waals surface area contributed by atoms with E-state index in [1.165, 1.54) is 0 Å². The monoisotopic (exact) mass is 238 g/mol. The highest BCUT2D eigenvalue weighted by Gasteiger charge is 2.36. The van der Waals surface area contributed by atoms with Crippen LogP contribution in [-0.4, -0.2) is 13.1 Å². The normalized spacial score (nSPS) is 18.1. The van der Waals surface area contributed by atoms with Crippen molar-refractivity contribution in [1.29, 1.82) is 0 Å². The van der Waals surface area contributed by atoms with Crippen molar-refractivity contribution in [2.75, 3.05) is 13.1 Å². The lowest BCUT2D eigenvalue weighted by Gasteiger charge is -2.39. The Morgan fingerprint density at radius 2 is 1.78 bits per heavy atom. The van der Waals surface area contributed by atoms with Gasteiger partial charge < -0.3 is 15.5 Å². The third kappa shape index (κ3) is 1.20. The molecule has 3 heteroatoms. The molecule has 0 atom stereocenters. The molecule has 2 heterocycles. The van der Waals surface area contributed by atoms with Gasteiger partial charge in [-0.2, -0.15) is 0 Å². The molecule has 4 rings (SSSR count). The summed E-state index contributed by atoms with van der Waals surface area (Å²) in [5, 5.41) is 5.54. The highest BCUT2D eigenvalue weighted by Crippen LogP contribution is 2.35. The van der Waals surface area contributed by atoms with Gasteiger partial charge in [0.05, 0.1) is 5.54 Å². The molecule has 0 saturated carbocycles. The molecule has 0 aliphatic carbocycles. The van der Waals surface area contributed by atoms with Crippen LogP contribution < -0.4 is 11.1 Å². The van der Waals surface area contributed by atoms with Crippen molar-refractivity contribution >= 4 is 21.9 Å². The van der Waals surface area contributed by atoms with Gasteiger partial charge in [0.25, 0.3) is 0 Å². The zero-order valence-corrected chi connectivity index (χ0v) is 9.94. The van der Waals surface area contributed by atoms with E-state index in [-0.39, 0.29) is 5.54 Å². The molecule has 18 heavy (non-hydrogen) atoms. The molecule has 1 aliphatic rings. The van der Waals surface area contributed by atoms with Crippen LogP contribution in [0.2, 0.25) is 0 Å². The maximum absolute atomic E-state index is 6.39. The average molecular weight is 238 g/mol. The second kappa shape index (κ2) is 3.34. The van der Waals surface area contributed by atoms with Crippen LogP contribution in [0.1, 0.15) is 5.56 Å². The lowest BCUT2D eigenvalue weighted by atomic mass is 9.84. The minimum absolute atomic E-state index is 0.284. The number of nitrogens with one attached hydrogen (secondary N) is 1. The molecule has 1 fully saturated rings. The first-order valence-corrected chi connectivity index (χ1v) is 6.18. The molecule has 0 bridgehead atoms. The van der Waals surface area contributed by atoms with Gasteiger partial charge in [-0.05, 0) is 6.07 Å². The number of fused-ring (bicyclic) bond motifs is 3. The standard InChI is InChI=1S/C15H14N2O/c16-15(8-17-9-15)12-6-3-5-11-10-4-1-2-7-13(10)18-14(11)12/h1-7,17H,8-9,16H2. The number of benzene rings is 2. The average Bonchev–Trinajstić information content (AvgIpc) is 2.74. The number of hydrogen-bond acceptors (Lipinski definition) is 3. The number of nitrogens with two attached hydrogens (primary N) is 1. The van der Waals surface area contributed by atoms with Crippen LogP contribution >= 0.6 is 0 Å². The Morgan fingerprint density at radius 3 is 2.56 bits per heavy atom. The van der Waals surface area contributed by atoms with Gasteiger partial charge in [0.1, 0.15) is 11.2 Å². The third-order valence-electron chi connectivity index (χ3n) is 3.82. The first-order valence-electron chi connectivity index (χ1n) is 6.18. The first kappa shape index (κ1) is 10.1.